The van der Waals surface area contributed by atoms with Gasteiger partial charge in [-0.25, -0.2) is 5.10 Å². The number of anilines is 2. The second-order valence-electron chi connectivity index (χ2n) is 1.97. The maximum atomic E-state index is 10.7. The molecule has 0 aliphatic rings. The Morgan fingerprint density at radius 3 is 2.50 bits per heavy atom. The maximum absolute atomic E-state index is 10.7. The Labute approximate surface area is 57.0 Å². The van der Waals surface area contributed by atoms with Crippen molar-refractivity contribution in [3.8, 4) is 0 Å². The van der Waals surface area contributed by atoms with Crippen molar-refractivity contribution in [1.29, 1.82) is 0 Å². The minimum absolute atomic E-state index is 0.0347. The van der Waals surface area contributed by atoms with Gasteiger partial charge in [-0.2, -0.15) is 5.10 Å². The molecule has 0 atom stereocenters. The largest absolute Gasteiger partial charge is 0.395 e. The Kier molecular flexibility index (Phi) is 1.33. The van der Waals surface area contributed by atoms with Crippen LogP contribution in [-0.4, -0.2) is 10.2 Å². The number of hydrogen-bond donors (Lipinski definition) is 3. The predicted molar refractivity (Wildman–Crippen MR) is 38.4 cm³/mol. The fourth-order valence-electron chi connectivity index (χ4n) is 0.572. The van der Waals surface area contributed by atoms with Gasteiger partial charge in [0.05, 0.1) is 11.4 Å². The molecule has 0 unspecified atom stereocenters. The zero-order valence-electron chi connectivity index (χ0n) is 5.51. The van der Waals surface area contributed by atoms with E-state index in [1.807, 2.05) is 0 Å². The molecule has 0 aliphatic carbocycles. The summed E-state index contributed by atoms with van der Waals surface area (Å²) in [7, 11) is 0. The topological polar surface area (TPSA) is 97.8 Å². The Balaban J connectivity index is 3.49. The van der Waals surface area contributed by atoms with Crippen LogP contribution in [0.1, 0.15) is 5.69 Å². The van der Waals surface area contributed by atoms with Gasteiger partial charge in [0.2, 0.25) is 0 Å². The summed E-state index contributed by atoms with van der Waals surface area (Å²) in [6, 6.07) is 0. The van der Waals surface area contributed by atoms with Crippen LogP contribution in [-0.2, 0) is 0 Å². The molecule has 1 aromatic heterocycles. The molecule has 1 heterocycles. The van der Waals surface area contributed by atoms with E-state index in [1.54, 1.807) is 6.92 Å². The molecule has 0 amide bonds. The summed E-state index contributed by atoms with van der Waals surface area (Å²) >= 11 is 0. The molecule has 0 saturated heterocycles. The van der Waals surface area contributed by atoms with E-state index in [0.717, 1.165) is 0 Å². The van der Waals surface area contributed by atoms with Gasteiger partial charge in [-0.15, -0.1) is 0 Å². The van der Waals surface area contributed by atoms with Gasteiger partial charge >= 0.3 is 0 Å². The summed E-state index contributed by atoms with van der Waals surface area (Å²) in [5, 5.41) is 5.79. The van der Waals surface area contributed by atoms with Crippen LogP contribution < -0.4 is 17.0 Å². The lowest BCUT2D eigenvalue weighted by Crippen LogP contribution is -2.17. The van der Waals surface area contributed by atoms with Crippen molar-refractivity contribution in [3.05, 3.63) is 16.0 Å². The van der Waals surface area contributed by atoms with E-state index in [4.69, 9.17) is 11.5 Å². The van der Waals surface area contributed by atoms with Crippen molar-refractivity contribution in [3.63, 3.8) is 0 Å². The Morgan fingerprint density at radius 1 is 1.40 bits per heavy atom. The smallest absolute Gasteiger partial charge is 0.289 e. The number of aryl methyl sites for hydroxylation is 1. The number of nitrogens with zero attached hydrogens (tertiary/aromatic N) is 1. The van der Waals surface area contributed by atoms with Gasteiger partial charge in [0.1, 0.15) is 5.69 Å². The number of hydrogen-bond acceptors (Lipinski definition) is 4. The molecule has 0 fully saturated rings. The number of rotatable bonds is 0. The van der Waals surface area contributed by atoms with Crippen LogP contribution in [0.2, 0.25) is 0 Å². The second-order valence-corrected chi connectivity index (χ2v) is 1.97. The standard InChI is InChI=1S/C5H8N4O/c1-2-3(6)4(7)5(10)9-8-2/h1H3,(H2,7,8)(H3,6,9,10). The summed E-state index contributed by atoms with van der Waals surface area (Å²) in [6.45, 7) is 1.67. The maximum Gasteiger partial charge on any atom is 0.289 e. The highest BCUT2D eigenvalue weighted by atomic mass is 16.1. The molecule has 0 spiro atoms. The number of H-pyrrole nitrogens is 1. The molecule has 0 aliphatic heterocycles. The molecule has 5 N–H and O–H groups in total. The lowest BCUT2D eigenvalue weighted by atomic mass is 10.3. The molecule has 5 nitrogen and oxygen atoms in total. The number of nitrogens with two attached hydrogens (primary N) is 2. The van der Waals surface area contributed by atoms with Gasteiger partial charge < -0.3 is 11.5 Å². The first-order valence-corrected chi connectivity index (χ1v) is 2.73. The van der Waals surface area contributed by atoms with Gasteiger partial charge in [-0.1, -0.05) is 0 Å². The Hall–Kier alpha value is -1.52. The molecule has 5 heteroatoms. The van der Waals surface area contributed by atoms with Crippen molar-refractivity contribution < 1.29 is 0 Å². The third kappa shape index (κ3) is 0.812. The van der Waals surface area contributed by atoms with Crippen molar-refractivity contribution >= 4 is 11.4 Å². The summed E-state index contributed by atoms with van der Waals surface area (Å²) in [4.78, 5) is 10.7. The lowest BCUT2D eigenvalue weighted by Gasteiger charge is -1.98. The summed E-state index contributed by atoms with van der Waals surface area (Å²) in [6.07, 6.45) is 0. The van der Waals surface area contributed by atoms with Crippen molar-refractivity contribution in [2.45, 2.75) is 6.92 Å². The van der Waals surface area contributed by atoms with E-state index in [1.165, 1.54) is 0 Å². The Morgan fingerprint density at radius 2 is 2.00 bits per heavy atom. The van der Waals surface area contributed by atoms with Crippen molar-refractivity contribution in [2.24, 2.45) is 0 Å². The first-order chi connectivity index (χ1) is 4.63. The van der Waals surface area contributed by atoms with Gasteiger partial charge in [0.25, 0.3) is 5.56 Å². The summed E-state index contributed by atoms with van der Waals surface area (Å²) in [5.41, 5.74) is 11.0. The summed E-state index contributed by atoms with van der Waals surface area (Å²) in [5.74, 6) is 0. The molecule has 1 rings (SSSR count). The van der Waals surface area contributed by atoms with Crippen molar-refractivity contribution in [2.75, 3.05) is 11.5 Å². The van der Waals surface area contributed by atoms with Crippen LogP contribution in [0.25, 0.3) is 0 Å². The highest BCUT2D eigenvalue weighted by Crippen LogP contribution is 2.09. The molecule has 0 radical (unpaired) electrons. The minimum atomic E-state index is -0.442. The number of aromatic nitrogens is 2. The van der Waals surface area contributed by atoms with E-state index in [0.29, 0.717) is 5.69 Å². The van der Waals surface area contributed by atoms with Gasteiger partial charge in [0, 0.05) is 0 Å². The Bertz CT molecular complexity index is 303. The van der Waals surface area contributed by atoms with Crippen LogP contribution >= 0.6 is 0 Å². The monoisotopic (exact) mass is 140 g/mol. The van der Waals surface area contributed by atoms with Crippen LogP contribution in [0, 0.1) is 6.92 Å². The molecule has 0 bridgehead atoms. The molecular weight excluding hydrogens is 132 g/mol. The predicted octanol–water partition coefficient (Wildman–Crippen LogP) is -0.757. The molecule has 10 heavy (non-hydrogen) atoms. The molecular formula is C5H8N4O. The lowest BCUT2D eigenvalue weighted by molar-refractivity contribution is 0.955. The van der Waals surface area contributed by atoms with Crippen molar-refractivity contribution in [1.82, 2.24) is 10.2 Å². The molecule has 1 aromatic rings. The molecule has 54 valence electrons. The fourth-order valence-corrected chi connectivity index (χ4v) is 0.572. The average Bonchev–Trinajstić information content (AvgIpc) is 1.93. The van der Waals surface area contributed by atoms with Crippen LogP contribution in [0.4, 0.5) is 11.4 Å². The average molecular weight is 140 g/mol. The highest BCUT2D eigenvalue weighted by molar-refractivity contribution is 5.63. The van der Waals surface area contributed by atoms with E-state index in [2.05, 4.69) is 10.2 Å². The SMILES string of the molecule is Cc1n[nH]c(=O)c(N)c1N. The third-order valence-electron chi connectivity index (χ3n) is 1.25. The van der Waals surface area contributed by atoms with Gasteiger partial charge in [-0.3, -0.25) is 4.79 Å². The van der Waals surface area contributed by atoms with Crippen LogP contribution in [0.5, 0.6) is 0 Å². The van der Waals surface area contributed by atoms with Crippen LogP contribution in [0.3, 0.4) is 0 Å². The normalized spacial score (nSPS) is 9.70. The second kappa shape index (κ2) is 2.02. The molecule has 0 aromatic carbocycles. The van der Waals surface area contributed by atoms with Crippen LogP contribution in [0.15, 0.2) is 4.79 Å². The first kappa shape index (κ1) is 6.60. The van der Waals surface area contributed by atoms with Gasteiger partial charge in [-0.05, 0) is 6.92 Å². The van der Waals surface area contributed by atoms with E-state index in [-0.39, 0.29) is 11.4 Å². The number of nitrogen functional groups attached to an aromatic ring is 2. The minimum Gasteiger partial charge on any atom is -0.395 e. The number of nitrogens with one attached hydrogen (secondary N) is 1. The zero-order chi connectivity index (χ0) is 7.72. The fraction of sp³-hybridized carbons (Fsp3) is 0.200. The van der Waals surface area contributed by atoms with Gasteiger partial charge in [0.15, 0.2) is 0 Å². The summed E-state index contributed by atoms with van der Waals surface area (Å²) < 4.78 is 0. The number of aromatic amines is 1. The third-order valence-corrected chi connectivity index (χ3v) is 1.25. The molecule has 0 saturated carbocycles. The van der Waals surface area contributed by atoms with E-state index < -0.39 is 5.56 Å². The first-order valence-electron chi connectivity index (χ1n) is 2.73. The van der Waals surface area contributed by atoms with E-state index in [9.17, 15) is 4.79 Å². The quantitative estimate of drug-likeness (QED) is 0.441. The highest BCUT2D eigenvalue weighted by Gasteiger charge is 2.01. The van der Waals surface area contributed by atoms with E-state index >= 15 is 0 Å². The zero-order valence-corrected chi connectivity index (χ0v) is 5.51.